The second kappa shape index (κ2) is 6.98. The van der Waals surface area contributed by atoms with Crippen LogP contribution >= 0.6 is 22.9 Å². The van der Waals surface area contributed by atoms with Crippen molar-refractivity contribution in [2.24, 2.45) is 0 Å². The van der Waals surface area contributed by atoms with Crippen LogP contribution in [0.4, 0.5) is 5.69 Å². The van der Waals surface area contributed by atoms with Crippen LogP contribution in [0.5, 0.6) is 0 Å². The summed E-state index contributed by atoms with van der Waals surface area (Å²) < 4.78 is 1.14. The Bertz CT molecular complexity index is 800. The van der Waals surface area contributed by atoms with E-state index in [1.807, 2.05) is 42.5 Å². The Morgan fingerprint density at radius 1 is 1.22 bits per heavy atom. The molecule has 0 saturated heterocycles. The Labute approximate surface area is 143 Å². The van der Waals surface area contributed by atoms with Crippen LogP contribution in [0.2, 0.25) is 5.02 Å². The summed E-state index contributed by atoms with van der Waals surface area (Å²) in [5.74, 6) is -0.0100. The number of rotatable bonds is 5. The van der Waals surface area contributed by atoms with Gasteiger partial charge in [-0.15, -0.1) is 11.3 Å². The summed E-state index contributed by atoms with van der Waals surface area (Å²) in [6.45, 7) is 0.702. The zero-order chi connectivity index (χ0) is 16.2. The number of aromatic nitrogens is 1. The number of hydrogen-bond donors (Lipinski definition) is 1. The van der Waals surface area contributed by atoms with Crippen molar-refractivity contribution in [3.05, 3.63) is 58.6 Å². The lowest BCUT2D eigenvalue weighted by atomic mass is 10.3. The first-order valence-electron chi connectivity index (χ1n) is 7.20. The van der Waals surface area contributed by atoms with E-state index < -0.39 is 0 Å². The number of nitrogens with zero attached hydrogens (tertiary/aromatic N) is 2. The van der Waals surface area contributed by atoms with Crippen LogP contribution in [0.15, 0.2) is 48.5 Å². The molecule has 0 aliphatic rings. The van der Waals surface area contributed by atoms with Gasteiger partial charge in [0.2, 0.25) is 5.91 Å². The maximum Gasteiger partial charge on any atom is 0.241 e. The first-order valence-corrected chi connectivity index (χ1v) is 8.40. The highest BCUT2D eigenvalue weighted by atomic mass is 35.5. The van der Waals surface area contributed by atoms with Crippen LogP contribution in [0.3, 0.4) is 0 Å². The number of halogens is 1. The number of nitrogens with one attached hydrogen (secondary N) is 1. The number of hydrogen-bond acceptors (Lipinski definition) is 4. The van der Waals surface area contributed by atoms with Crippen molar-refractivity contribution in [3.8, 4) is 0 Å². The third-order valence-corrected chi connectivity index (χ3v) is 4.79. The third-order valence-electron chi connectivity index (χ3n) is 3.44. The molecule has 1 amide bonds. The molecule has 0 aliphatic carbocycles. The Morgan fingerprint density at radius 3 is 2.74 bits per heavy atom. The van der Waals surface area contributed by atoms with Crippen LogP contribution in [0.1, 0.15) is 5.01 Å². The summed E-state index contributed by atoms with van der Waals surface area (Å²) in [4.78, 5) is 18.5. The lowest BCUT2D eigenvalue weighted by Gasteiger charge is -2.16. The molecule has 1 heterocycles. The lowest BCUT2D eigenvalue weighted by molar-refractivity contribution is -0.128. The summed E-state index contributed by atoms with van der Waals surface area (Å²) >= 11 is 7.68. The number of amides is 1. The van der Waals surface area contributed by atoms with Crippen molar-refractivity contribution in [3.63, 3.8) is 0 Å². The molecule has 0 fully saturated rings. The second-order valence-corrected chi connectivity index (χ2v) is 6.68. The molecule has 2 aromatic carbocycles. The summed E-state index contributed by atoms with van der Waals surface area (Å²) in [7, 11) is 1.78. The highest BCUT2D eigenvalue weighted by Gasteiger charge is 2.12. The number of anilines is 1. The van der Waals surface area contributed by atoms with Crippen molar-refractivity contribution in [1.29, 1.82) is 0 Å². The highest BCUT2D eigenvalue weighted by molar-refractivity contribution is 7.18. The number of benzene rings is 2. The zero-order valence-electron chi connectivity index (χ0n) is 12.6. The molecule has 0 bridgehead atoms. The zero-order valence-corrected chi connectivity index (χ0v) is 14.2. The summed E-state index contributed by atoms with van der Waals surface area (Å²) in [6.07, 6.45) is 0. The van der Waals surface area contributed by atoms with E-state index >= 15 is 0 Å². The molecule has 0 unspecified atom stereocenters. The normalized spacial score (nSPS) is 10.7. The number of carbonyl (C=O) groups is 1. The minimum absolute atomic E-state index is 0.0100. The van der Waals surface area contributed by atoms with Gasteiger partial charge in [0.25, 0.3) is 0 Å². The van der Waals surface area contributed by atoms with E-state index in [0.29, 0.717) is 11.6 Å². The molecule has 0 saturated carbocycles. The first kappa shape index (κ1) is 15.8. The molecular formula is C17H16ClN3OS. The van der Waals surface area contributed by atoms with Gasteiger partial charge in [-0.3, -0.25) is 4.79 Å². The van der Waals surface area contributed by atoms with Crippen molar-refractivity contribution in [2.45, 2.75) is 6.54 Å². The van der Waals surface area contributed by atoms with Gasteiger partial charge in [-0.2, -0.15) is 0 Å². The predicted molar refractivity (Wildman–Crippen MR) is 96.0 cm³/mol. The van der Waals surface area contributed by atoms with Crippen LogP contribution in [-0.2, 0) is 11.3 Å². The van der Waals surface area contributed by atoms with E-state index in [4.69, 9.17) is 11.6 Å². The SMILES string of the molecule is CN(Cc1nc2ccccc2s1)C(=O)CNc1ccccc1Cl. The number of fused-ring (bicyclic) bond motifs is 1. The van der Waals surface area contributed by atoms with E-state index in [-0.39, 0.29) is 12.5 Å². The van der Waals surface area contributed by atoms with Crippen molar-refractivity contribution < 1.29 is 4.79 Å². The molecule has 0 aliphatic heterocycles. The Morgan fingerprint density at radius 2 is 1.96 bits per heavy atom. The van der Waals surface area contributed by atoms with Crippen LogP contribution in [0, 0.1) is 0 Å². The number of thiazole rings is 1. The number of para-hydroxylation sites is 2. The molecule has 118 valence electrons. The van der Waals surface area contributed by atoms with Gasteiger partial charge in [0, 0.05) is 7.05 Å². The monoisotopic (exact) mass is 345 g/mol. The molecule has 0 atom stereocenters. The van der Waals surface area contributed by atoms with Gasteiger partial charge in [-0.25, -0.2) is 4.98 Å². The average molecular weight is 346 g/mol. The molecule has 23 heavy (non-hydrogen) atoms. The maximum absolute atomic E-state index is 12.2. The average Bonchev–Trinajstić information content (AvgIpc) is 2.96. The molecule has 1 N–H and O–H groups in total. The summed E-state index contributed by atoms with van der Waals surface area (Å²) in [6, 6.07) is 15.4. The first-order chi connectivity index (χ1) is 11.1. The van der Waals surface area contributed by atoms with Crippen molar-refractivity contribution in [1.82, 2.24) is 9.88 Å². The molecule has 0 radical (unpaired) electrons. The number of likely N-dealkylation sites (N-methyl/N-ethyl adjacent to an activating group) is 1. The van der Waals surface area contributed by atoms with Gasteiger partial charge in [-0.1, -0.05) is 35.9 Å². The van der Waals surface area contributed by atoms with E-state index in [1.165, 1.54) is 0 Å². The molecule has 0 spiro atoms. The quantitative estimate of drug-likeness (QED) is 0.759. The highest BCUT2D eigenvalue weighted by Crippen LogP contribution is 2.23. The molecule has 4 nitrogen and oxygen atoms in total. The van der Waals surface area contributed by atoms with E-state index in [1.54, 1.807) is 29.4 Å². The summed E-state index contributed by atoms with van der Waals surface area (Å²) in [5.41, 5.74) is 1.73. The van der Waals surface area contributed by atoms with E-state index in [2.05, 4.69) is 10.3 Å². The largest absolute Gasteiger partial charge is 0.375 e. The van der Waals surface area contributed by atoms with E-state index in [0.717, 1.165) is 20.9 Å². The Kier molecular flexibility index (Phi) is 4.79. The van der Waals surface area contributed by atoms with Gasteiger partial charge < -0.3 is 10.2 Å². The van der Waals surface area contributed by atoms with Gasteiger partial charge in [0.1, 0.15) is 5.01 Å². The molecule has 1 aromatic heterocycles. The smallest absolute Gasteiger partial charge is 0.241 e. The molecule has 3 aromatic rings. The Balaban J connectivity index is 1.60. The lowest BCUT2D eigenvalue weighted by Crippen LogP contribution is -2.31. The van der Waals surface area contributed by atoms with Crippen molar-refractivity contribution >= 4 is 44.7 Å². The molecular weight excluding hydrogens is 330 g/mol. The van der Waals surface area contributed by atoms with E-state index in [9.17, 15) is 4.79 Å². The number of carbonyl (C=O) groups excluding carboxylic acids is 1. The van der Waals surface area contributed by atoms with Gasteiger partial charge in [-0.05, 0) is 24.3 Å². The minimum Gasteiger partial charge on any atom is -0.375 e. The van der Waals surface area contributed by atoms with Gasteiger partial charge in [0.15, 0.2) is 0 Å². The van der Waals surface area contributed by atoms with Crippen LogP contribution in [0.25, 0.3) is 10.2 Å². The fraction of sp³-hybridized carbons (Fsp3) is 0.176. The molecule has 6 heteroatoms. The van der Waals surface area contributed by atoms with Gasteiger partial charge in [0.05, 0.1) is 34.0 Å². The molecule has 3 rings (SSSR count). The van der Waals surface area contributed by atoms with Crippen LogP contribution < -0.4 is 5.32 Å². The van der Waals surface area contributed by atoms with Crippen molar-refractivity contribution in [2.75, 3.05) is 18.9 Å². The summed E-state index contributed by atoms with van der Waals surface area (Å²) in [5, 5.41) is 4.60. The fourth-order valence-electron chi connectivity index (χ4n) is 2.19. The maximum atomic E-state index is 12.2. The van der Waals surface area contributed by atoms with Gasteiger partial charge >= 0.3 is 0 Å². The fourth-order valence-corrected chi connectivity index (χ4v) is 3.41. The third kappa shape index (κ3) is 3.81. The Hall–Kier alpha value is -2.11. The standard InChI is InChI=1S/C17H16ClN3OS/c1-21(11-16-20-14-8-4-5-9-15(14)23-16)17(22)10-19-13-7-3-2-6-12(13)18/h2-9,19H,10-11H2,1H3. The second-order valence-electron chi connectivity index (χ2n) is 5.16. The minimum atomic E-state index is -0.0100. The predicted octanol–water partition coefficient (Wildman–Crippen LogP) is 4.02. The van der Waals surface area contributed by atoms with Crippen LogP contribution in [-0.4, -0.2) is 29.4 Å². The topological polar surface area (TPSA) is 45.2 Å².